The molecule has 0 radical (unpaired) electrons. The molecule has 2 heterocycles. The number of rotatable bonds is 1. The van der Waals surface area contributed by atoms with Crippen molar-refractivity contribution in [2.24, 2.45) is 0 Å². The molecule has 0 saturated carbocycles. The van der Waals surface area contributed by atoms with Crippen LogP contribution in [0.25, 0.3) is 21.8 Å². The number of fused-ring (bicyclic) bond motifs is 2. The van der Waals surface area contributed by atoms with E-state index in [1.165, 1.54) is 24.4 Å². The molecule has 0 bridgehead atoms. The van der Waals surface area contributed by atoms with Gasteiger partial charge in [-0.1, -0.05) is 0 Å². The van der Waals surface area contributed by atoms with E-state index in [-0.39, 0.29) is 11.0 Å². The summed E-state index contributed by atoms with van der Waals surface area (Å²) in [5, 5.41) is 9.88. The molecule has 0 aliphatic heterocycles. The number of carbonyl (C=O) groups is 1. The molecular weight excluding hydrogens is 232 g/mol. The van der Waals surface area contributed by atoms with Gasteiger partial charge in [-0.2, -0.15) is 0 Å². The van der Waals surface area contributed by atoms with Gasteiger partial charge < -0.3 is 10.1 Å². The summed E-state index contributed by atoms with van der Waals surface area (Å²) in [4.78, 5) is 30.0. The zero-order valence-corrected chi connectivity index (χ0v) is 9.18. The smallest absolute Gasteiger partial charge is 0.335 e. The number of carboxylic acid groups (broad SMARTS) is 1. The van der Waals surface area contributed by atoms with E-state index in [1.807, 2.05) is 0 Å². The normalized spacial score (nSPS) is 10.9. The number of pyridine rings is 2. The molecule has 0 spiro atoms. The predicted octanol–water partition coefficient (Wildman–Crippen LogP) is 1.77. The fraction of sp³-hybridized carbons (Fsp3) is 0. The highest BCUT2D eigenvalue weighted by molar-refractivity contribution is 5.96. The second-order valence-electron chi connectivity index (χ2n) is 3.94. The lowest BCUT2D eigenvalue weighted by atomic mass is 10.1. The van der Waals surface area contributed by atoms with Crippen molar-refractivity contribution in [1.82, 2.24) is 9.97 Å². The minimum absolute atomic E-state index is 0.145. The number of nitrogens with one attached hydrogen (secondary N) is 1. The van der Waals surface area contributed by atoms with E-state index >= 15 is 0 Å². The lowest BCUT2D eigenvalue weighted by molar-refractivity contribution is 0.0697. The number of nitrogens with zero attached hydrogens (tertiary/aromatic N) is 1. The van der Waals surface area contributed by atoms with Gasteiger partial charge in [-0.25, -0.2) is 4.79 Å². The lowest BCUT2D eigenvalue weighted by Gasteiger charge is -2.03. The molecule has 2 N–H and O–H groups in total. The van der Waals surface area contributed by atoms with Gasteiger partial charge in [0.15, 0.2) is 5.43 Å². The standard InChI is InChI=1S/C13H8N2O3/c16-12-8-2-1-7(13(17)18)5-11(8)15-10-3-4-14-6-9(10)12/h1-6H,(H,15,16)(H,17,18). The van der Waals surface area contributed by atoms with Gasteiger partial charge in [-0.3, -0.25) is 9.78 Å². The first-order valence-electron chi connectivity index (χ1n) is 5.30. The molecule has 0 atom stereocenters. The Hall–Kier alpha value is -2.69. The second kappa shape index (κ2) is 3.66. The van der Waals surface area contributed by atoms with Gasteiger partial charge in [-0.05, 0) is 24.3 Å². The fourth-order valence-electron chi connectivity index (χ4n) is 1.95. The molecule has 0 unspecified atom stereocenters. The van der Waals surface area contributed by atoms with Gasteiger partial charge in [0.25, 0.3) is 0 Å². The highest BCUT2D eigenvalue weighted by atomic mass is 16.4. The van der Waals surface area contributed by atoms with Crippen LogP contribution in [0.2, 0.25) is 0 Å². The van der Waals surface area contributed by atoms with Crippen LogP contribution in [-0.4, -0.2) is 21.0 Å². The molecule has 5 nitrogen and oxygen atoms in total. The summed E-state index contributed by atoms with van der Waals surface area (Å²) in [7, 11) is 0. The first-order chi connectivity index (χ1) is 8.66. The predicted molar refractivity (Wildman–Crippen MR) is 66.8 cm³/mol. The van der Waals surface area contributed by atoms with Crippen molar-refractivity contribution >= 4 is 27.8 Å². The molecule has 5 heteroatoms. The van der Waals surface area contributed by atoms with E-state index in [4.69, 9.17) is 5.11 Å². The third-order valence-corrected chi connectivity index (χ3v) is 2.85. The van der Waals surface area contributed by atoms with Gasteiger partial charge in [0.2, 0.25) is 0 Å². The Labute approximate surface area is 101 Å². The molecule has 0 aliphatic carbocycles. The summed E-state index contributed by atoms with van der Waals surface area (Å²) in [6.07, 6.45) is 3.07. The van der Waals surface area contributed by atoms with E-state index in [0.717, 1.165) is 0 Å². The lowest BCUT2D eigenvalue weighted by Crippen LogP contribution is -2.06. The molecule has 2 aromatic heterocycles. The van der Waals surface area contributed by atoms with Crippen molar-refractivity contribution in [2.75, 3.05) is 0 Å². The second-order valence-corrected chi connectivity index (χ2v) is 3.94. The maximum Gasteiger partial charge on any atom is 0.335 e. The van der Waals surface area contributed by atoms with Crippen LogP contribution >= 0.6 is 0 Å². The van der Waals surface area contributed by atoms with Gasteiger partial charge in [-0.15, -0.1) is 0 Å². The van der Waals surface area contributed by atoms with Crippen molar-refractivity contribution in [3.63, 3.8) is 0 Å². The number of benzene rings is 1. The minimum atomic E-state index is -1.02. The van der Waals surface area contributed by atoms with Crippen LogP contribution in [0.1, 0.15) is 10.4 Å². The average molecular weight is 240 g/mol. The Balaban J connectivity index is 2.48. The van der Waals surface area contributed by atoms with Crippen LogP contribution in [-0.2, 0) is 0 Å². The first kappa shape index (κ1) is 10.5. The van der Waals surface area contributed by atoms with E-state index in [2.05, 4.69) is 9.97 Å². The number of hydrogen-bond acceptors (Lipinski definition) is 3. The van der Waals surface area contributed by atoms with E-state index < -0.39 is 5.97 Å². The molecule has 1 aromatic carbocycles. The Morgan fingerprint density at radius 1 is 1.17 bits per heavy atom. The number of aromatic carboxylic acids is 1. The largest absolute Gasteiger partial charge is 0.478 e. The van der Waals surface area contributed by atoms with Crippen LogP contribution < -0.4 is 5.43 Å². The number of aromatic nitrogens is 2. The van der Waals surface area contributed by atoms with Crippen molar-refractivity contribution in [2.45, 2.75) is 0 Å². The van der Waals surface area contributed by atoms with Crippen LogP contribution in [0.3, 0.4) is 0 Å². The van der Waals surface area contributed by atoms with Crippen molar-refractivity contribution < 1.29 is 9.90 Å². The Morgan fingerprint density at radius 2 is 2.00 bits per heavy atom. The van der Waals surface area contributed by atoms with Crippen molar-refractivity contribution in [3.8, 4) is 0 Å². The summed E-state index contributed by atoms with van der Waals surface area (Å²) in [5.74, 6) is -1.02. The Bertz CT molecular complexity index is 836. The third-order valence-electron chi connectivity index (χ3n) is 2.85. The van der Waals surface area contributed by atoms with Crippen molar-refractivity contribution in [3.05, 3.63) is 52.4 Å². The molecular formula is C13H8N2O3. The van der Waals surface area contributed by atoms with Gasteiger partial charge in [0, 0.05) is 17.8 Å². The molecule has 18 heavy (non-hydrogen) atoms. The first-order valence-corrected chi connectivity index (χ1v) is 5.30. The SMILES string of the molecule is O=C(O)c1ccc2c(=O)c3cnccc3[nH]c2c1. The molecule has 0 fully saturated rings. The Kier molecular flexibility index (Phi) is 2.13. The third kappa shape index (κ3) is 1.45. The summed E-state index contributed by atoms with van der Waals surface area (Å²) in [5.41, 5.74) is 1.15. The quantitative estimate of drug-likeness (QED) is 0.635. The summed E-state index contributed by atoms with van der Waals surface area (Å²) in [6, 6.07) is 6.08. The average Bonchev–Trinajstić information content (AvgIpc) is 2.38. The maximum absolute atomic E-state index is 12.2. The van der Waals surface area contributed by atoms with Crippen LogP contribution in [0.15, 0.2) is 41.5 Å². The van der Waals surface area contributed by atoms with Gasteiger partial charge in [0.05, 0.1) is 22.0 Å². The molecule has 3 aromatic rings. The van der Waals surface area contributed by atoms with Gasteiger partial charge in [0.1, 0.15) is 0 Å². The van der Waals surface area contributed by atoms with E-state index in [9.17, 15) is 9.59 Å². The fourth-order valence-corrected chi connectivity index (χ4v) is 1.95. The van der Waals surface area contributed by atoms with E-state index in [0.29, 0.717) is 21.8 Å². The molecule has 3 rings (SSSR count). The van der Waals surface area contributed by atoms with Gasteiger partial charge >= 0.3 is 5.97 Å². The van der Waals surface area contributed by atoms with Crippen molar-refractivity contribution in [1.29, 1.82) is 0 Å². The van der Waals surface area contributed by atoms with Crippen LogP contribution in [0.5, 0.6) is 0 Å². The minimum Gasteiger partial charge on any atom is -0.478 e. The topological polar surface area (TPSA) is 83.0 Å². The highest BCUT2D eigenvalue weighted by Crippen LogP contribution is 2.15. The van der Waals surface area contributed by atoms with E-state index in [1.54, 1.807) is 12.3 Å². The zero-order chi connectivity index (χ0) is 12.7. The summed E-state index contributed by atoms with van der Waals surface area (Å²) in [6.45, 7) is 0. The highest BCUT2D eigenvalue weighted by Gasteiger charge is 2.08. The molecule has 0 aliphatic rings. The number of aromatic amines is 1. The monoisotopic (exact) mass is 240 g/mol. The maximum atomic E-state index is 12.2. The number of H-pyrrole nitrogens is 1. The number of carboxylic acids is 1. The number of hydrogen-bond donors (Lipinski definition) is 2. The van der Waals surface area contributed by atoms with Crippen LogP contribution in [0.4, 0.5) is 0 Å². The Morgan fingerprint density at radius 3 is 2.78 bits per heavy atom. The summed E-state index contributed by atoms with van der Waals surface area (Å²) >= 11 is 0. The molecule has 0 saturated heterocycles. The molecule has 0 amide bonds. The molecule has 88 valence electrons. The van der Waals surface area contributed by atoms with Crippen LogP contribution in [0, 0.1) is 0 Å². The zero-order valence-electron chi connectivity index (χ0n) is 9.18. The summed E-state index contributed by atoms with van der Waals surface area (Å²) < 4.78 is 0.